The van der Waals surface area contributed by atoms with Gasteiger partial charge in [0, 0.05) is 18.7 Å². The van der Waals surface area contributed by atoms with Gasteiger partial charge in [-0.3, -0.25) is 14.7 Å². The number of H-pyrrole nitrogens is 1. The molecule has 1 unspecified atom stereocenters. The normalized spacial score (nSPS) is 17.8. The Balaban J connectivity index is 1.78. The van der Waals surface area contributed by atoms with Crippen LogP contribution in [-0.2, 0) is 4.79 Å². The lowest BCUT2D eigenvalue weighted by Gasteiger charge is -2.30. The number of carboxylic acid groups (broad SMARTS) is 1. The lowest BCUT2D eigenvalue weighted by molar-refractivity contribution is -0.143. The Labute approximate surface area is 140 Å². The number of aromatic nitrogens is 2. The van der Waals surface area contributed by atoms with Crippen molar-refractivity contribution in [3.05, 3.63) is 41.1 Å². The first kappa shape index (κ1) is 16.2. The van der Waals surface area contributed by atoms with Crippen molar-refractivity contribution in [2.75, 3.05) is 13.1 Å². The molecule has 24 heavy (non-hydrogen) atoms. The van der Waals surface area contributed by atoms with Gasteiger partial charge in [-0.1, -0.05) is 12.1 Å². The molecule has 1 amide bonds. The summed E-state index contributed by atoms with van der Waals surface area (Å²) in [6, 6.07) is 7.79. The maximum Gasteiger partial charge on any atom is 0.308 e. The summed E-state index contributed by atoms with van der Waals surface area (Å²) < 4.78 is 0. The zero-order valence-electron chi connectivity index (χ0n) is 13.9. The molecule has 1 aromatic heterocycles. The Kier molecular flexibility index (Phi) is 4.38. The molecule has 0 bridgehead atoms. The third-order valence-electron chi connectivity index (χ3n) is 4.67. The van der Waals surface area contributed by atoms with Gasteiger partial charge in [0.2, 0.25) is 0 Å². The number of benzene rings is 1. The van der Waals surface area contributed by atoms with Crippen LogP contribution >= 0.6 is 0 Å². The van der Waals surface area contributed by atoms with Crippen molar-refractivity contribution < 1.29 is 14.7 Å². The van der Waals surface area contributed by atoms with Crippen molar-refractivity contribution in [3.63, 3.8) is 0 Å². The van der Waals surface area contributed by atoms with Crippen molar-refractivity contribution in [2.24, 2.45) is 5.92 Å². The Hall–Kier alpha value is -2.63. The molecule has 126 valence electrons. The third kappa shape index (κ3) is 3.18. The maximum absolute atomic E-state index is 12.6. The van der Waals surface area contributed by atoms with Gasteiger partial charge in [0.1, 0.15) is 5.69 Å². The van der Waals surface area contributed by atoms with Crippen LogP contribution in [0, 0.1) is 19.8 Å². The van der Waals surface area contributed by atoms with Crippen molar-refractivity contribution in [2.45, 2.75) is 26.7 Å². The highest BCUT2D eigenvalue weighted by molar-refractivity contribution is 5.93. The van der Waals surface area contributed by atoms with Crippen LogP contribution in [0.3, 0.4) is 0 Å². The average molecular weight is 327 g/mol. The highest BCUT2D eigenvalue weighted by atomic mass is 16.4. The summed E-state index contributed by atoms with van der Waals surface area (Å²) in [7, 11) is 0. The fraction of sp³-hybridized carbons (Fsp3) is 0.389. The van der Waals surface area contributed by atoms with Crippen molar-refractivity contribution in [3.8, 4) is 11.3 Å². The largest absolute Gasteiger partial charge is 0.481 e. The number of likely N-dealkylation sites (tertiary alicyclic amines) is 1. The quantitative estimate of drug-likeness (QED) is 0.907. The molecule has 0 saturated carbocycles. The molecular weight excluding hydrogens is 306 g/mol. The van der Waals surface area contributed by atoms with Crippen LogP contribution in [0.1, 0.15) is 34.5 Å². The van der Waals surface area contributed by atoms with Gasteiger partial charge in [-0.05, 0) is 49.9 Å². The van der Waals surface area contributed by atoms with Crippen molar-refractivity contribution >= 4 is 11.9 Å². The summed E-state index contributed by atoms with van der Waals surface area (Å²) in [5.41, 5.74) is 4.44. The SMILES string of the molecule is Cc1ccc(-c2cc(C(=O)N3CCCC(C(=O)O)C3)[nH]n2)cc1C. The minimum absolute atomic E-state index is 0.191. The van der Waals surface area contributed by atoms with Gasteiger partial charge >= 0.3 is 5.97 Å². The molecule has 0 spiro atoms. The number of rotatable bonds is 3. The minimum atomic E-state index is -0.840. The molecule has 2 heterocycles. The predicted molar refractivity (Wildman–Crippen MR) is 89.8 cm³/mol. The number of hydrogen-bond donors (Lipinski definition) is 2. The van der Waals surface area contributed by atoms with Gasteiger partial charge in [-0.2, -0.15) is 5.10 Å². The van der Waals surface area contributed by atoms with E-state index in [4.69, 9.17) is 5.11 Å². The van der Waals surface area contributed by atoms with Crippen molar-refractivity contribution in [1.82, 2.24) is 15.1 Å². The van der Waals surface area contributed by atoms with Crippen molar-refractivity contribution in [1.29, 1.82) is 0 Å². The average Bonchev–Trinajstić information content (AvgIpc) is 3.06. The number of carbonyl (C=O) groups is 2. The lowest BCUT2D eigenvalue weighted by atomic mass is 9.98. The molecule has 1 fully saturated rings. The van der Waals surface area contributed by atoms with Gasteiger partial charge in [0.15, 0.2) is 0 Å². The molecule has 6 nitrogen and oxygen atoms in total. The minimum Gasteiger partial charge on any atom is -0.481 e. The number of amides is 1. The fourth-order valence-electron chi connectivity index (χ4n) is 3.01. The number of hydrogen-bond acceptors (Lipinski definition) is 3. The number of nitrogens with zero attached hydrogens (tertiary/aromatic N) is 2. The smallest absolute Gasteiger partial charge is 0.308 e. The van der Waals surface area contributed by atoms with E-state index in [1.807, 2.05) is 32.0 Å². The molecule has 6 heteroatoms. The van der Waals surface area contributed by atoms with E-state index in [0.29, 0.717) is 30.8 Å². The topological polar surface area (TPSA) is 86.3 Å². The van der Waals surface area contributed by atoms with E-state index in [-0.39, 0.29) is 12.5 Å². The van der Waals surface area contributed by atoms with E-state index in [0.717, 1.165) is 5.56 Å². The van der Waals surface area contributed by atoms with E-state index in [9.17, 15) is 9.59 Å². The first-order valence-electron chi connectivity index (χ1n) is 8.11. The number of carbonyl (C=O) groups excluding carboxylic acids is 1. The predicted octanol–water partition coefficient (Wildman–Crippen LogP) is 2.63. The Bertz CT molecular complexity index is 782. The van der Waals surface area contributed by atoms with Crippen LogP contribution in [0.2, 0.25) is 0 Å². The standard InChI is InChI=1S/C18H21N3O3/c1-11-5-6-13(8-12(11)2)15-9-16(20-19-15)17(22)21-7-3-4-14(10-21)18(23)24/h5-6,8-9,14H,3-4,7,10H2,1-2H3,(H,19,20)(H,23,24). The zero-order valence-corrected chi connectivity index (χ0v) is 13.9. The molecule has 0 aliphatic carbocycles. The van der Waals surface area contributed by atoms with Gasteiger partial charge < -0.3 is 10.0 Å². The number of aromatic amines is 1. The molecular formula is C18H21N3O3. The summed E-state index contributed by atoms with van der Waals surface area (Å²) in [6.45, 7) is 4.93. The molecule has 1 aromatic carbocycles. The van der Waals surface area contributed by atoms with Gasteiger partial charge in [0.25, 0.3) is 5.91 Å². The Morgan fingerprint density at radius 2 is 2.04 bits per heavy atom. The molecule has 2 aromatic rings. The second-order valence-electron chi connectivity index (χ2n) is 6.39. The summed E-state index contributed by atoms with van der Waals surface area (Å²) in [6.07, 6.45) is 1.33. The van der Waals surface area contributed by atoms with Crippen LogP contribution in [0.15, 0.2) is 24.3 Å². The molecule has 1 atom stereocenters. The second kappa shape index (κ2) is 6.47. The first-order valence-corrected chi connectivity index (χ1v) is 8.11. The zero-order chi connectivity index (χ0) is 17.3. The van der Waals surface area contributed by atoms with Gasteiger partial charge in [-0.25, -0.2) is 0 Å². The van der Waals surface area contributed by atoms with Gasteiger partial charge in [-0.15, -0.1) is 0 Å². The number of aliphatic carboxylic acids is 1. The number of nitrogens with one attached hydrogen (secondary N) is 1. The highest BCUT2D eigenvalue weighted by Gasteiger charge is 2.29. The van der Waals surface area contributed by atoms with Crippen LogP contribution in [0.25, 0.3) is 11.3 Å². The first-order chi connectivity index (χ1) is 11.5. The third-order valence-corrected chi connectivity index (χ3v) is 4.67. The van der Waals surface area contributed by atoms with Crippen LogP contribution in [0.5, 0.6) is 0 Å². The second-order valence-corrected chi connectivity index (χ2v) is 6.39. The molecule has 1 aliphatic heterocycles. The summed E-state index contributed by atoms with van der Waals surface area (Å²) in [5.74, 6) is -1.51. The lowest BCUT2D eigenvalue weighted by Crippen LogP contribution is -2.42. The summed E-state index contributed by atoms with van der Waals surface area (Å²) in [5, 5.41) is 16.2. The number of carboxylic acids is 1. The van der Waals surface area contributed by atoms with E-state index < -0.39 is 11.9 Å². The summed E-state index contributed by atoms with van der Waals surface area (Å²) >= 11 is 0. The van der Waals surface area contributed by atoms with Crippen LogP contribution < -0.4 is 0 Å². The highest BCUT2D eigenvalue weighted by Crippen LogP contribution is 2.23. The molecule has 0 radical (unpaired) electrons. The summed E-state index contributed by atoms with van der Waals surface area (Å²) in [4.78, 5) is 25.3. The van der Waals surface area contributed by atoms with E-state index in [2.05, 4.69) is 10.2 Å². The van der Waals surface area contributed by atoms with Gasteiger partial charge in [0.05, 0.1) is 11.6 Å². The Morgan fingerprint density at radius 1 is 1.25 bits per heavy atom. The van der Waals surface area contributed by atoms with E-state index >= 15 is 0 Å². The number of aryl methyl sites for hydroxylation is 2. The molecule has 3 rings (SSSR count). The van der Waals surface area contributed by atoms with Crippen LogP contribution in [0.4, 0.5) is 0 Å². The molecule has 1 aliphatic rings. The Morgan fingerprint density at radius 3 is 2.75 bits per heavy atom. The van der Waals surface area contributed by atoms with Crippen LogP contribution in [-0.4, -0.2) is 45.2 Å². The molecule has 1 saturated heterocycles. The fourth-order valence-corrected chi connectivity index (χ4v) is 3.01. The monoisotopic (exact) mass is 327 g/mol. The van der Waals surface area contributed by atoms with E-state index in [1.54, 1.807) is 11.0 Å². The number of piperidine rings is 1. The van der Waals surface area contributed by atoms with E-state index in [1.165, 1.54) is 11.1 Å². The maximum atomic E-state index is 12.6. The molecule has 2 N–H and O–H groups in total.